The van der Waals surface area contributed by atoms with Gasteiger partial charge in [0.05, 0.1) is 18.0 Å². The molecule has 4 nitrogen and oxygen atoms in total. The van der Waals surface area contributed by atoms with E-state index in [0.717, 1.165) is 12.1 Å². The Labute approximate surface area is 126 Å². The number of anilines is 2. The molecule has 0 aromatic heterocycles. The molecule has 1 heterocycles. The van der Waals surface area contributed by atoms with Gasteiger partial charge in [-0.2, -0.15) is 0 Å². The highest BCUT2D eigenvalue weighted by molar-refractivity contribution is 6.05. The van der Waals surface area contributed by atoms with Crippen LogP contribution in [0.5, 0.6) is 0 Å². The molecule has 0 aliphatic carbocycles. The number of rotatable bonds is 3. The average molecular weight is 304 g/mol. The van der Waals surface area contributed by atoms with Crippen LogP contribution in [0.15, 0.2) is 42.5 Å². The summed E-state index contributed by atoms with van der Waals surface area (Å²) >= 11 is 0. The highest BCUT2D eigenvalue weighted by atomic mass is 19.2. The first-order chi connectivity index (χ1) is 10.6. The van der Waals surface area contributed by atoms with Crippen LogP contribution in [0.25, 0.3) is 0 Å². The second kappa shape index (κ2) is 5.73. The minimum absolute atomic E-state index is 0.0158. The molecule has 1 amide bonds. The number of aliphatic hydroxyl groups is 1. The van der Waals surface area contributed by atoms with Crippen LogP contribution in [0.3, 0.4) is 0 Å². The fourth-order valence-corrected chi connectivity index (χ4v) is 2.57. The standard InChI is InChI=1S/C16H14F2N2O2/c17-11-8-13-14(9-12(11)18)20(6-7-21)16(22)15(19-13)10-4-2-1-3-5-10/h1-5,8-9,15,19,21H,6-7H2. The number of nitrogens with zero attached hydrogens (tertiary/aromatic N) is 1. The second-order valence-corrected chi connectivity index (χ2v) is 4.98. The molecule has 0 saturated heterocycles. The van der Waals surface area contributed by atoms with Gasteiger partial charge in [0.2, 0.25) is 0 Å². The first-order valence-corrected chi connectivity index (χ1v) is 6.84. The molecule has 22 heavy (non-hydrogen) atoms. The predicted octanol–water partition coefficient (Wildman–Crippen LogP) is 2.46. The number of halogens is 2. The quantitative estimate of drug-likeness (QED) is 0.916. The van der Waals surface area contributed by atoms with Gasteiger partial charge in [0.15, 0.2) is 11.6 Å². The lowest BCUT2D eigenvalue weighted by Crippen LogP contribution is -2.43. The fourth-order valence-electron chi connectivity index (χ4n) is 2.57. The Hall–Kier alpha value is -2.47. The number of amides is 1. The lowest BCUT2D eigenvalue weighted by atomic mass is 10.0. The summed E-state index contributed by atoms with van der Waals surface area (Å²) in [5.74, 6) is -2.34. The molecule has 0 radical (unpaired) electrons. The summed E-state index contributed by atoms with van der Waals surface area (Å²) in [6, 6.07) is 10.2. The number of β-amino-alcohol motifs (C(OH)–C–C–N with tert-alkyl or cyclic N) is 1. The van der Waals surface area contributed by atoms with E-state index in [0.29, 0.717) is 11.3 Å². The molecule has 1 aliphatic rings. The highest BCUT2D eigenvalue weighted by Gasteiger charge is 2.34. The van der Waals surface area contributed by atoms with Crippen LogP contribution in [0, 0.1) is 11.6 Å². The zero-order valence-electron chi connectivity index (χ0n) is 11.6. The van der Waals surface area contributed by atoms with Crippen molar-refractivity contribution in [3.63, 3.8) is 0 Å². The summed E-state index contributed by atoms with van der Waals surface area (Å²) in [5.41, 5.74) is 1.26. The Morgan fingerprint density at radius 1 is 1.14 bits per heavy atom. The van der Waals surface area contributed by atoms with E-state index in [-0.39, 0.29) is 24.7 Å². The van der Waals surface area contributed by atoms with Gasteiger partial charge in [0, 0.05) is 18.7 Å². The monoisotopic (exact) mass is 304 g/mol. The average Bonchev–Trinajstić information content (AvgIpc) is 2.53. The van der Waals surface area contributed by atoms with Crippen LogP contribution in [0.4, 0.5) is 20.2 Å². The molecule has 2 aromatic carbocycles. The van der Waals surface area contributed by atoms with Crippen molar-refractivity contribution < 1.29 is 18.7 Å². The number of benzene rings is 2. The lowest BCUT2D eigenvalue weighted by Gasteiger charge is -2.35. The van der Waals surface area contributed by atoms with Crippen molar-refractivity contribution in [3.05, 3.63) is 59.7 Å². The van der Waals surface area contributed by atoms with E-state index in [2.05, 4.69) is 5.32 Å². The van der Waals surface area contributed by atoms with Crippen molar-refractivity contribution in [1.82, 2.24) is 0 Å². The molecule has 1 atom stereocenters. The Morgan fingerprint density at radius 3 is 2.50 bits per heavy atom. The molecule has 0 spiro atoms. The van der Waals surface area contributed by atoms with Crippen molar-refractivity contribution in [2.75, 3.05) is 23.4 Å². The van der Waals surface area contributed by atoms with Gasteiger partial charge >= 0.3 is 0 Å². The number of hydrogen-bond donors (Lipinski definition) is 2. The number of carbonyl (C=O) groups excluding carboxylic acids is 1. The Balaban J connectivity index is 2.08. The summed E-state index contributed by atoms with van der Waals surface area (Å²) in [6.07, 6.45) is 0. The Morgan fingerprint density at radius 2 is 1.82 bits per heavy atom. The first kappa shape index (κ1) is 14.5. The number of fused-ring (bicyclic) bond motifs is 1. The SMILES string of the molecule is O=C1C(c2ccccc2)Nc2cc(F)c(F)cc2N1CCO. The molecule has 6 heteroatoms. The summed E-state index contributed by atoms with van der Waals surface area (Å²) in [7, 11) is 0. The largest absolute Gasteiger partial charge is 0.395 e. The fraction of sp³-hybridized carbons (Fsp3) is 0.188. The smallest absolute Gasteiger partial charge is 0.254 e. The number of nitrogens with one attached hydrogen (secondary N) is 1. The molecule has 0 bridgehead atoms. The summed E-state index contributed by atoms with van der Waals surface area (Å²) in [4.78, 5) is 13.9. The molecule has 2 N–H and O–H groups in total. The van der Waals surface area contributed by atoms with Crippen LogP contribution >= 0.6 is 0 Å². The maximum absolute atomic E-state index is 13.5. The molecule has 0 fully saturated rings. The number of hydrogen-bond acceptors (Lipinski definition) is 3. The van der Waals surface area contributed by atoms with Gasteiger partial charge in [-0.05, 0) is 5.56 Å². The van der Waals surface area contributed by atoms with Crippen molar-refractivity contribution in [2.45, 2.75) is 6.04 Å². The van der Waals surface area contributed by atoms with Crippen molar-refractivity contribution in [3.8, 4) is 0 Å². The third kappa shape index (κ3) is 2.42. The molecule has 2 aromatic rings. The summed E-state index contributed by atoms with van der Waals surface area (Å²) in [6.45, 7) is -0.256. The van der Waals surface area contributed by atoms with Crippen molar-refractivity contribution >= 4 is 17.3 Å². The topological polar surface area (TPSA) is 52.6 Å². The normalized spacial score (nSPS) is 17.1. The van der Waals surface area contributed by atoms with Crippen LogP contribution in [0.2, 0.25) is 0 Å². The van der Waals surface area contributed by atoms with E-state index >= 15 is 0 Å². The van der Waals surface area contributed by atoms with E-state index in [1.807, 2.05) is 6.07 Å². The molecule has 0 saturated carbocycles. The van der Waals surface area contributed by atoms with Gasteiger partial charge < -0.3 is 15.3 Å². The van der Waals surface area contributed by atoms with Crippen LogP contribution in [-0.4, -0.2) is 24.2 Å². The molecule has 1 aliphatic heterocycles. The third-order valence-electron chi connectivity index (χ3n) is 3.60. The van der Waals surface area contributed by atoms with E-state index in [1.54, 1.807) is 24.3 Å². The van der Waals surface area contributed by atoms with Gasteiger partial charge in [-0.3, -0.25) is 4.79 Å². The van der Waals surface area contributed by atoms with Gasteiger partial charge in [-0.1, -0.05) is 30.3 Å². The molecular weight excluding hydrogens is 290 g/mol. The highest BCUT2D eigenvalue weighted by Crippen LogP contribution is 2.37. The first-order valence-electron chi connectivity index (χ1n) is 6.84. The lowest BCUT2D eigenvalue weighted by molar-refractivity contribution is -0.119. The number of aliphatic hydroxyl groups excluding tert-OH is 1. The van der Waals surface area contributed by atoms with Crippen LogP contribution < -0.4 is 10.2 Å². The van der Waals surface area contributed by atoms with Gasteiger partial charge in [-0.25, -0.2) is 8.78 Å². The maximum Gasteiger partial charge on any atom is 0.254 e. The van der Waals surface area contributed by atoms with Gasteiger partial charge in [0.25, 0.3) is 5.91 Å². The predicted molar refractivity (Wildman–Crippen MR) is 78.6 cm³/mol. The Kier molecular flexibility index (Phi) is 3.77. The van der Waals surface area contributed by atoms with E-state index in [4.69, 9.17) is 5.11 Å². The zero-order chi connectivity index (χ0) is 15.7. The molecule has 3 rings (SSSR count). The van der Waals surface area contributed by atoms with Gasteiger partial charge in [-0.15, -0.1) is 0 Å². The van der Waals surface area contributed by atoms with Crippen molar-refractivity contribution in [2.24, 2.45) is 0 Å². The Bertz CT molecular complexity index is 707. The molecular formula is C16H14F2N2O2. The summed E-state index contributed by atoms with van der Waals surface area (Å²) < 4.78 is 26.9. The van der Waals surface area contributed by atoms with E-state index in [9.17, 15) is 13.6 Å². The maximum atomic E-state index is 13.5. The third-order valence-corrected chi connectivity index (χ3v) is 3.60. The minimum atomic E-state index is -1.03. The van der Waals surface area contributed by atoms with Crippen LogP contribution in [-0.2, 0) is 4.79 Å². The van der Waals surface area contributed by atoms with Gasteiger partial charge in [0.1, 0.15) is 6.04 Å². The van der Waals surface area contributed by atoms with E-state index < -0.39 is 17.7 Å². The minimum Gasteiger partial charge on any atom is -0.395 e. The van der Waals surface area contributed by atoms with E-state index in [1.165, 1.54) is 4.90 Å². The molecule has 1 unspecified atom stereocenters. The second-order valence-electron chi connectivity index (χ2n) is 4.98. The number of carbonyl (C=O) groups is 1. The summed E-state index contributed by atoms with van der Waals surface area (Å²) in [5, 5.41) is 12.1. The van der Waals surface area contributed by atoms with Crippen LogP contribution in [0.1, 0.15) is 11.6 Å². The zero-order valence-corrected chi connectivity index (χ0v) is 11.6. The van der Waals surface area contributed by atoms with Crippen molar-refractivity contribution in [1.29, 1.82) is 0 Å². The molecule has 114 valence electrons.